The third-order valence-corrected chi connectivity index (χ3v) is 5.23. The van der Waals surface area contributed by atoms with Gasteiger partial charge < -0.3 is 15.1 Å². The molecule has 6 heteroatoms. The van der Waals surface area contributed by atoms with Crippen molar-refractivity contribution < 1.29 is 18.4 Å². The first-order valence-electron chi connectivity index (χ1n) is 9.37. The standard InChI is InChI=1S/C22H21FN2O3/c23-17-4-6-18(7-5-17)25(9-8-21(24)26)22(27)12-16-13-28-20-11-15-3-1-2-14(15)10-19(16)20/h4-7,10-11,13H,1-3,8-9,12H2,(H2,24,26). The summed E-state index contributed by atoms with van der Waals surface area (Å²) in [4.78, 5) is 25.7. The number of hydrogen-bond donors (Lipinski definition) is 1. The van der Waals surface area contributed by atoms with Crippen LogP contribution in [-0.4, -0.2) is 18.4 Å². The van der Waals surface area contributed by atoms with Crippen LogP contribution in [0.25, 0.3) is 11.0 Å². The maximum Gasteiger partial charge on any atom is 0.231 e. The summed E-state index contributed by atoms with van der Waals surface area (Å²) in [6.45, 7) is 0.144. The highest BCUT2D eigenvalue weighted by Crippen LogP contribution is 2.31. The third kappa shape index (κ3) is 3.63. The van der Waals surface area contributed by atoms with Gasteiger partial charge in [-0.25, -0.2) is 4.39 Å². The van der Waals surface area contributed by atoms with Gasteiger partial charge in [0.1, 0.15) is 11.4 Å². The van der Waals surface area contributed by atoms with Crippen LogP contribution in [0, 0.1) is 5.82 Å². The van der Waals surface area contributed by atoms with Crippen LogP contribution in [0.5, 0.6) is 0 Å². The number of nitrogens with zero attached hydrogens (tertiary/aromatic N) is 1. The van der Waals surface area contributed by atoms with Crippen LogP contribution >= 0.6 is 0 Å². The molecule has 28 heavy (non-hydrogen) atoms. The number of nitrogens with two attached hydrogens (primary N) is 1. The number of hydrogen-bond acceptors (Lipinski definition) is 3. The van der Waals surface area contributed by atoms with Gasteiger partial charge in [-0.3, -0.25) is 9.59 Å². The molecule has 2 amide bonds. The van der Waals surface area contributed by atoms with Gasteiger partial charge in [0.05, 0.1) is 12.7 Å². The molecule has 0 spiro atoms. The molecule has 2 aromatic carbocycles. The van der Waals surface area contributed by atoms with Crippen molar-refractivity contribution in [3.05, 3.63) is 65.2 Å². The van der Waals surface area contributed by atoms with Gasteiger partial charge in [0.25, 0.3) is 0 Å². The lowest BCUT2D eigenvalue weighted by Crippen LogP contribution is -2.35. The Bertz CT molecular complexity index is 1040. The van der Waals surface area contributed by atoms with Crippen molar-refractivity contribution in [3.63, 3.8) is 0 Å². The van der Waals surface area contributed by atoms with Crippen LogP contribution in [0.3, 0.4) is 0 Å². The number of fused-ring (bicyclic) bond motifs is 2. The third-order valence-electron chi connectivity index (χ3n) is 5.23. The topological polar surface area (TPSA) is 76.5 Å². The Balaban J connectivity index is 1.61. The first kappa shape index (κ1) is 18.2. The zero-order chi connectivity index (χ0) is 19.7. The summed E-state index contributed by atoms with van der Waals surface area (Å²) in [6.07, 6.45) is 5.02. The fourth-order valence-electron chi connectivity index (χ4n) is 3.78. The number of halogens is 1. The van der Waals surface area contributed by atoms with Crippen molar-refractivity contribution in [2.45, 2.75) is 32.1 Å². The van der Waals surface area contributed by atoms with E-state index in [1.807, 2.05) is 0 Å². The number of amides is 2. The number of carbonyl (C=O) groups is 2. The lowest BCUT2D eigenvalue weighted by molar-refractivity contribution is -0.118. The zero-order valence-electron chi connectivity index (χ0n) is 15.4. The lowest BCUT2D eigenvalue weighted by Gasteiger charge is -2.22. The van der Waals surface area contributed by atoms with Crippen molar-refractivity contribution in [1.29, 1.82) is 0 Å². The summed E-state index contributed by atoms with van der Waals surface area (Å²) in [5.74, 6) is -1.08. The molecule has 0 saturated heterocycles. The Morgan fingerprint density at radius 3 is 2.54 bits per heavy atom. The van der Waals surface area contributed by atoms with E-state index in [0.29, 0.717) is 5.69 Å². The van der Waals surface area contributed by atoms with Gasteiger partial charge in [-0.05, 0) is 66.8 Å². The number of furan rings is 1. The Labute approximate surface area is 161 Å². The molecule has 3 aromatic rings. The van der Waals surface area contributed by atoms with E-state index in [9.17, 15) is 14.0 Å². The smallest absolute Gasteiger partial charge is 0.231 e. The highest BCUT2D eigenvalue weighted by Gasteiger charge is 2.21. The summed E-state index contributed by atoms with van der Waals surface area (Å²) >= 11 is 0. The summed E-state index contributed by atoms with van der Waals surface area (Å²) < 4.78 is 18.9. The Morgan fingerprint density at radius 1 is 1.11 bits per heavy atom. The SMILES string of the molecule is NC(=O)CCN(C(=O)Cc1coc2cc3c(cc12)CCC3)c1ccc(F)cc1. The maximum atomic E-state index is 13.3. The second-order valence-electron chi connectivity index (χ2n) is 7.15. The largest absolute Gasteiger partial charge is 0.464 e. The highest BCUT2D eigenvalue weighted by atomic mass is 19.1. The number of benzene rings is 2. The molecule has 4 rings (SSSR count). The van der Waals surface area contributed by atoms with Crippen LogP contribution < -0.4 is 10.6 Å². The van der Waals surface area contributed by atoms with E-state index in [1.54, 1.807) is 6.26 Å². The normalized spacial score (nSPS) is 12.9. The molecule has 0 atom stereocenters. The molecule has 5 nitrogen and oxygen atoms in total. The van der Waals surface area contributed by atoms with Gasteiger partial charge in [0.15, 0.2) is 0 Å². The first-order valence-corrected chi connectivity index (χ1v) is 9.37. The van der Waals surface area contributed by atoms with Crippen molar-refractivity contribution >= 4 is 28.5 Å². The van der Waals surface area contributed by atoms with Crippen molar-refractivity contribution in [3.8, 4) is 0 Å². The molecule has 1 heterocycles. The van der Waals surface area contributed by atoms with E-state index in [4.69, 9.17) is 10.2 Å². The highest BCUT2D eigenvalue weighted by molar-refractivity contribution is 5.98. The molecule has 144 valence electrons. The predicted octanol–water partition coefficient (Wildman–Crippen LogP) is 3.51. The van der Waals surface area contributed by atoms with E-state index in [0.717, 1.165) is 35.8 Å². The Hall–Kier alpha value is -3.15. The molecule has 1 aliphatic rings. The van der Waals surface area contributed by atoms with Crippen LogP contribution in [0.15, 0.2) is 47.1 Å². The zero-order valence-corrected chi connectivity index (χ0v) is 15.4. The Morgan fingerprint density at radius 2 is 1.82 bits per heavy atom. The minimum atomic E-state index is -0.496. The monoisotopic (exact) mass is 380 g/mol. The Kier molecular flexibility index (Phi) is 4.86. The van der Waals surface area contributed by atoms with Crippen LogP contribution in [0.2, 0.25) is 0 Å². The van der Waals surface area contributed by atoms with E-state index < -0.39 is 5.91 Å². The molecule has 0 fully saturated rings. The first-order chi connectivity index (χ1) is 13.5. The molecular weight excluding hydrogens is 359 g/mol. The quantitative estimate of drug-likeness (QED) is 0.711. The van der Waals surface area contributed by atoms with Crippen molar-refractivity contribution in [1.82, 2.24) is 0 Å². The fraction of sp³-hybridized carbons (Fsp3) is 0.273. The van der Waals surface area contributed by atoms with Crippen LogP contribution in [-0.2, 0) is 28.9 Å². The maximum absolute atomic E-state index is 13.3. The van der Waals surface area contributed by atoms with E-state index in [1.165, 1.54) is 40.3 Å². The molecule has 2 N–H and O–H groups in total. The second-order valence-corrected chi connectivity index (χ2v) is 7.15. The molecule has 0 aliphatic heterocycles. The summed E-state index contributed by atoms with van der Waals surface area (Å²) in [5.41, 5.74) is 10.0. The average molecular weight is 380 g/mol. The molecule has 1 aromatic heterocycles. The van der Waals surface area contributed by atoms with Gasteiger partial charge in [-0.2, -0.15) is 0 Å². The summed E-state index contributed by atoms with van der Waals surface area (Å²) in [7, 11) is 0. The number of anilines is 1. The van der Waals surface area contributed by atoms with E-state index >= 15 is 0 Å². The molecule has 0 unspecified atom stereocenters. The number of primary amides is 1. The van der Waals surface area contributed by atoms with E-state index in [-0.39, 0.29) is 31.1 Å². The molecule has 0 saturated carbocycles. The van der Waals surface area contributed by atoms with Crippen molar-refractivity contribution in [2.75, 3.05) is 11.4 Å². The number of rotatable bonds is 6. The van der Waals surface area contributed by atoms with Crippen LogP contribution in [0.4, 0.5) is 10.1 Å². The van der Waals surface area contributed by atoms with Gasteiger partial charge in [0.2, 0.25) is 11.8 Å². The fourth-order valence-corrected chi connectivity index (χ4v) is 3.78. The molecular formula is C22H21FN2O3. The molecule has 1 aliphatic carbocycles. The number of aryl methyl sites for hydroxylation is 2. The van der Waals surface area contributed by atoms with E-state index in [2.05, 4.69) is 12.1 Å². The minimum absolute atomic E-state index is 0.0305. The van der Waals surface area contributed by atoms with Gasteiger partial charge >= 0.3 is 0 Å². The minimum Gasteiger partial charge on any atom is -0.464 e. The van der Waals surface area contributed by atoms with Gasteiger partial charge in [0, 0.05) is 29.6 Å². The predicted molar refractivity (Wildman–Crippen MR) is 105 cm³/mol. The number of carbonyl (C=O) groups excluding carboxylic acids is 2. The summed E-state index contributed by atoms with van der Waals surface area (Å²) in [5, 5.41) is 0.947. The molecule has 0 bridgehead atoms. The second kappa shape index (κ2) is 7.46. The van der Waals surface area contributed by atoms with Gasteiger partial charge in [-0.1, -0.05) is 0 Å². The average Bonchev–Trinajstić information content (AvgIpc) is 3.28. The lowest BCUT2D eigenvalue weighted by atomic mass is 10.0. The van der Waals surface area contributed by atoms with Crippen LogP contribution in [0.1, 0.15) is 29.5 Å². The van der Waals surface area contributed by atoms with Gasteiger partial charge in [-0.15, -0.1) is 0 Å². The molecule has 0 radical (unpaired) electrons. The van der Waals surface area contributed by atoms with Crippen molar-refractivity contribution in [2.24, 2.45) is 5.73 Å². The summed E-state index contributed by atoms with van der Waals surface area (Å²) in [6, 6.07) is 9.81.